The number of hydrogen-bond acceptors (Lipinski definition) is 4. The van der Waals surface area contributed by atoms with E-state index >= 15 is 0 Å². The van der Waals surface area contributed by atoms with Gasteiger partial charge in [0, 0.05) is 18.7 Å². The van der Waals surface area contributed by atoms with E-state index in [4.69, 9.17) is 10.5 Å². The van der Waals surface area contributed by atoms with Crippen LogP contribution in [0.5, 0.6) is 0 Å². The number of carbonyl (C=O) groups excluding carboxylic acids is 3. The number of ether oxygens (including phenoxy) is 1. The molecule has 3 rings (SSSR count). The van der Waals surface area contributed by atoms with Crippen molar-refractivity contribution in [2.24, 2.45) is 11.7 Å². The van der Waals surface area contributed by atoms with Crippen molar-refractivity contribution in [3.63, 3.8) is 0 Å². The molecular formula is C21H22N2O4. The Morgan fingerprint density at radius 1 is 1.04 bits per heavy atom. The van der Waals surface area contributed by atoms with Gasteiger partial charge in [-0.05, 0) is 48.2 Å². The van der Waals surface area contributed by atoms with Crippen LogP contribution >= 0.6 is 0 Å². The number of hydrogen-bond donors (Lipinski definition) is 1. The topological polar surface area (TPSA) is 89.7 Å². The zero-order valence-corrected chi connectivity index (χ0v) is 15.2. The highest BCUT2D eigenvalue weighted by atomic mass is 16.5. The standard InChI is InChI=1S/C21H22N2O4/c1-27-21(26)17-5-2-4-16(12-17)14-7-9-15(10-8-14)20(25)23-11-3-6-18(13-23)19(22)24/h2,4-5,7-10,12,18H,3,6,11,13H2,1H3,(H2,22,24)/t18-/m1/s1. The Hall–Kier alpha value is -3.15. The van der Waals surface area contributed by atoms with E-state index in [-0.39, 0.29) is 17.7 Å². The Kier molecular flexibility index (Phi) is 5.54. The lowest BCUT2D eigenvalue weighted by atomic mass is 9.96. The van der Waals surface area contributed by atoms with E-state index in [2.05, 4.69) is 0 Å². The predicted octanol–water partition coefficient (Wildman–Crippen LogP) is 2.48. The van der Waals surface area contributed by atoms with Gasteiger partial charge in [-0.2, -0.15) is 0 Å². The Morgan fingerprint density at radius 2 is 1.78 bits per heavy atom. The van der Waals surface area contributed by atoms with Crippen molar-refractivity contribution in [3.8, 4) is 11.1 Å². The van der Waals surface area contributed by atoms with Gasteiger partial charge in [0.2, 0.25) is 5.91 Å². The van der Waals surface area contributed by atoms with E-state index in [9.17, 15) is 14.4 Å². The lowest BCUT2D eigenvalue weighted by molar-refractivity contribution is -0.123. The molecule has 0 spiro atoms. The molecule has 2 N–H and O–H groups in total. The van der Waals surface area contributed by atoms with Crippen LogP contribution in [0.3, 0.4) is 0 Å². The van der Waals surface area contributed by atoms with Crippen LogP contribution in [0, 0.1) is 5.92 Å². The first kappa shape index (κ1) is 18.6. The molecule has 6 heteroatoms. The van der Waals surface area contributed by atoms with Crippen molar-refractivity contribution in [2.45, 2.75) is 12.8 Å². The highest BCUT2D eigenvalue weighted by Gasteiger charge is 2.27. The zero-order valence-electron chi connectivity index (χ0n) is 15.2. The molecular weight excluding hydrogens is 344 g/mol. The average molecular weight is 366 g/mol. The van der Waals surface area contributed by atoms with Gasteiger partial charge in [0.15, 0.2) is 0 Å². The summed E-state index contributed by atoms with van der Waals surface area (Å²) >= 11 is 0. The molecule has 2 aromatic carbocycles. The normalized spacial score (nSPS) is 16.6. The number of nitrogens with zero attached hydrogens (tertiary/aromatic N) is 1. The second kappa shape index (κ2) is 8.03. The fourth-order valence-corrected chi connectivity index (χ4v) is 3.33. The maximum atomic E-state index is 12.7. The third kappa shape index (κ3) is 4.16. The summed E-state index contributed by atoms with van der Waals surface area (Å²) in [6, 6.07) is 14.3. The number of primary amides is 1. The summed E-state index contributed by atoms with van der Waals surface area (Å²) in [6.45, 7) is 1.00. The zero-order chi connectivity index (χ0) is 19.4. The lowest BCUT2D eigenvalue weighted by Crippen LogP contribution is -2.44. The number of nitrogens with two attached hydrogens (primary N) is 1. The molecule has 1 saturated heterocycles. The lowest BCUT2D eigenvalue weighted by Gasteiger charge is -2.31. The molecule has 0 aromatic heterocycles. The van der Waals surface area contributed by atoms with Gasteiger partial charge in [-0.25, -0.2) is 4.79 Å². The molecule has 1 aliphatic heterocycles. The number of amides is 2. The fraction of sp³-hybridized carbons (Fsp3) is 0.286. The predicted molar refractivity (Wildman–Crippen MR) is 101 cm³/mol. The molecule has 0 saturated carbocycles. The first-order valence-corrected chi connectivity index (χ1v) is 8.87. The third-order valence-corrected chi connectivity index (χ3v) is 4.86. The molecule has 2 aromatic rings. The van der Waals surface area contributed by atoms with Crippen LogP contribution in [0.15, 0.2) is 48.5 Å². The number of carbonyl (C=O) groups is 3. The van der Waals surface area contributed by atoms with Crippen molar-refractivity contribution in [1.29, 1.82) is 0 Å². The SMILES string of the molecule is COC(=O)c1cccc(-c2ccc(C(=O)N3CCC[C@@H](C(N)=O)C3)cc2)c1. The minimum Gasteiger partial charge on any atom is -0.465 e. The van der Waals surface area contributed by atoms with Crippen LogP contribution in [0.4, 0.5) is 0 Å². The summed E-state index contributed by atoms with van der Waals surface area (Å²) in [5.74, 6) is -1.12. The summed E-state index contributed by atoms with van der Waals surface area (Å²) in [6.07, 6.45) is 1.51. The summed E-state index contributed by atoms with van der Waals surface area (Å²) in [5, 5.41) is 0. The maximum absolute atomic E-state index is 12.7. The maximum Gasteiger partial charge on any atom is 0.337 e. The molecule has 1 fully saturated rings. The Balaban J connectivity index is 1.76. The van der Waals surface area contributed by atoms with Crippen LogP contribution < -0.4 is 5.73 Å². The molecule has 140 valence electrons. The first-order chi connectivity index (χ1) is 13.0. The molecule has 0 bridgehead atoms. The molecule has 6 nitrogen and oxygen atoms in total. The number of likely N-dealkylation sites (tertiary alicyclic amines) is 1. The van der Waals surface area contributed by atoms with Crippen LogP contribution in [0.2, 0.25) is 0 Å². The van der Waals surface area contributed by atoms with Crippen LogP contribution in [0.25, 0.3) is 11.1 Å². The van der Waals surface area contributed by atoms with Gasteiger partial charge in [0.05, 0.1) is 18.6 Å². The molecule has 2 amide bonds. The number of rotatable bonds is 4. The second-order valence-corrected chi connectivity index (χ2v) is 6.64. The minimum absolute atomic E-state index is 0.101. The van der Waals surface area contributed by atoms with Gasteiger partial charge in [-0.15, -0.1) is 0 Å². The summed E-state index contributed by atoms with van der Waals surface area (Å²) in [7, 11) is 1.35. The van der Waals surface area contributed by atoms with E-state index in [0.717, 1.165) is 24.0 Å². The number of esters is 1. The monoisotopic (exact) mass is 366 g/mol. The van der Waals surface area contributed by atoms with Crippen molar-refractivity contribution in [1.82, 2.24) is 4.90 Å². The van der Waals surface area contributed by atoms with Gasteiger partial charge in [0.25, 0.3) is 5.91 Å². The van der Waals surface area contributed by atoms with Crippen molar-refractivity contribution >= 4 is 17.8 Å². The van der Waals surface area contributed by atoms with Gasteiger partial charge in [0.1, 0.15) is 0 Å². The smallest absolute Gasteiger partial charge is 0.337 e. The van der Waals surface area contributed by atoms with Gasteiger partial charge in [-0.3, -0.25) is 9.59 Å². The Labute approximate surface area is 157 Å². The van der Waals surface area contributed by atoms with E-state index < -0.39 is 5.97 Å². The minimum atomic E-state index is -0.391. The number of piperidine rings is 1. The third-order valence-electron chi connectivity index (χ3n) is 4.86. The fourth-order valence-electron chi connectivity index (χ4n) is 3.33. The van der Waals surface area contributed by atoms with Crippen molar-refractivity contribution in [2.75, 3.05) is 20.2 Å². The highest BCUT2D eigenvalue weighted by Crippen LogP contribution is 2.23. The molecule has 0 aliphatic carbocycles. The van der Waals surface area contributed by atoms with Gasteiger partial charge >= 0.3 is 5.97 Å². The average Bonchev–Trinajstić information content (AvgIpc) is 2.73. The molecule has 0 radical (unpaired) electrons. The van der Waals surface area contributed by atoms with Crippen molar-refractivity contribution in [3.05, 3.63) is 59.7 Å². The number of benzene rings is 2. The summed E-state index contributed by atoms with van der Waals surface area (Å²) < 4.78 is 4.75. The summed E-state index contributed by atoms with van der Waals surface area (Å²) in [4.78, 5) is 37.5. The Morgan fingerprint density at radius 3 is 2.44 bits per heavy atom. The van der Waals surface area contributed by atoms with E-state index in [1.807, 2.05) is 18.2 Å². The number of methoxy groups -OCH3 is 1. The van der Waals surface area contributed by atoms with E-state index in [1.54, 1.807) is 35.2 Å². The largest absolute Gasteiger partial charge is 0.465 e. The van der Waals surface area contributed by atoms with Gasteiger partial charge in [-0.1, -0.05) is 24.3 Å². The van der Waals surface area contributed by atoms with Crippen LogP contribution in [-0.2, 0) is 9.53 Å². The highest BCUT2D eigenvalue weighted by molar-refractivity contribution is 5.95. The van der Waals surface area contributed by atoms with Gasteiger partial charge < -0.3 is 15.4 Å². The van der Waals surface area contributed by atoms with E-state index in [1.165, 1.54) is 7.11 Å². The second-order valence-electron chi connectivity index (χ2n) is 6.64. The quantitative estimate of drug-likeness (QED) is 0.842. The molecule has 0 unspecified atom stereocenters. The molecule has 1 aliphatic rings. The molecule has 1 atom stereocenters. The van der Waals surface area contributed by atoms with Crippen LogP contribution in [-0.4, -0.2) is 42.9 Å². The van der Waals surface area contributed by atoms with Crippen molar-refractivity contribution < 1.29 is 19.1 Å². The molecule has 27 heavy (non-hydrogen) atoms. The summed E-state index contributed by atoms with van der Waals surface area (Å²) in [5.41, 5.74) is 8.18. The van der Waals surface area contributed by atoms with Crippen LogP contribution in [0.1, 0.15) is 33.6 Å². The first-order valence-electron chi connectivity index (χ1n) is 8.87. The molecule has 1 heterocycles. The Bertz CT molecular complexity index is 861. The van der Waals surface area contributed by atoms with E-state index in [0.29, 0.717) is 24.2 Å².